The Balaban J connectivity index is 1.56. The maximum absolute atomic E-state index is 13.6. The Morgan fingerprint density at radius 1 is 1.12 bits per heavy atom. The number of nitrogens with one attached hydrogen (secondary N) is 2. The summed E-state index contributed by atoms with van der Waals surface area (Å²) in [7, 11) is 0. The van der Waals surface area contributed by atoms with Gasteiger partial charge in [0.1, 0.15) is 17.5 Å². The maximum Gasteiger partial charge on any atom is 0.226 e. The van der Waals surface area contributed by atoms with Gasteiger partial charge in [-0.05, 0) is 31.2 Å². The number of thiazole rings is 1. The molecular weight excluding hydrogens is 358 g/mol. The minimum Gasteiger partial charge on any atom is -0.351 e. The number of anilines is 2. The number of carbonyl (C=O) groups is 1. The molecule has 1 amide bonds. The van der Waals surface area contributed by atoms with Gasteiger partial charge in [-0.1, -0.05) is 12.1 Å². The molecule has 0 unspecified atom stereocenters. The lowest BCUT2D eigenvalue weighted by molar-refractivity contribution is -0.120. The van der Waals surface area contributed by atoms with Gasteiger partial charge in [0.05, 0.1) is 12.1 Å². The van der Waals surface area contributed by atoms with Crippen LogP contribution in [0.4, 0.5) is 19.7 Å². The number of benzene rings is 1. The first-order valence-electron chi connectivity index (χ1n) is 7.86. The van der Waals surface area contributed by atoms with Crippen molar-refractivity contribution in [1.29, 1.82) is 0 Å². The zero-order chi connectivity index (χ0) is 18.5. The minimum absolute atomic E-state index is 0.0233. The normalized spacial score (nSPS) is 10.6. The van der Waals surface area contributed by atoms with Gasteiger partial charge in [0.2, 0.25) is 5.91 Å². The van der Waals surface area contributed by atoms with Crippen LogP contribution in [0.25, 0.3) is 0 Å². The van der Waals surface area contributed by atoms with Crippen LogP contribution in [0.2, 0.25) is 0 Å². The van der Waals surface area contributed by atoms with Gasteiger partial charge in [0.25, 0.3) is 0 Å². The number of aromatic nitrogens is 2. The third kappa shape index (κ3) is 4.60. The Hall–Kier alpha value is -2.87. The van der Waals surface area contributed by atoms with Crippen molar-refractivity contribution in [2.45, 2.75) is 19.9 Å². The monoisotopic (exact) mass is 374 g/mol. The summed E-state index contributed by atoms with van der Waals surface area (Å²) < 4.78 is 27.1. The van der Waals surface area contributed by atoms with E-state index in [9.17, 15) is 13.6 Å². The number of amides is 1. The first-order valence-corrected chi connectivity index (χ1v) is 8.74. The topological polar surface area (TPSA) is 66.9 Å². The number of halogens is 2. The van der Waals surface area contributed by atoms with E-state index in [0.717, 1.165) is 17.8 Å². The van der Waals surface area contributed by atoms with Gasteiger partial charge in [-0.15, -0.1) is 11.3 Å². The Morgan fingerprint density at radius 2 is 1.85 bits per heavy atom. The molecule has 2 aromatic heterocycles. The summed E-state index contributed by atoms with van der Waals surface area (Å²) in [5, 5.41) is 7.95. The van der Waals surface area contributed by atoms with Gasteiger partial charge in [-0.2, -0.15) is 0 Å². The SMILES string of the molecule is Cc1cccc(Nc2nc(CC(=O)NCc3c(F)cccc3F)cs2)n1. The Kier molecular flexibility index (Phi) is 5.52. The molecule has 3 rings (SSSR count). The molecule has 1 aromatic carbocycles. The fourth-order valence-corrected chi connectivity index (χ4v) is 3.00. The Labute approximate surface area is 153 Å². The molecule has 0 saturated carbocycles. The molecule has 2 heterocycles. The number of hydrogen-bond acceptors (Lipinski definition) is 5. The van der Waals surface area contributed by atoms with Crippen molar-refractivity contribution >= 4 is 28.2 Å². The molecule has 0 bridgehead atoms. The average Bonchev–Trinajstić information content (AvgIpc) is 3.01. The summed E-state index contributed by atoms with van der Waals surface area (Å²) >= 11 is 1.35. The van der Waals surface area contributed by atoms with Crippen LogP contribution in [0.5, 0.6) is 0 Å². The standard InChI is InChI=1S/C18H16F2N4OS/c1-11-4-2-7-16(22-11)24-18-23-12(10-26-18)8-17(25)21-9-13-14(19)5-3-6-15(13)20/h2-7,10H,8-9H2,1H3,(H,21,25)(H,22,23,24). The zero-order valence-corrected chi connectivity index (χ0v) is 14.7. The first kappa shape index (κ1) is 17.9. The fraction of sp³-hybridized carbons (Fsp3) is 0.167. The van der Waals surface area contributed by atoms with Crippen LogP contribution >= 0.6 is 11.3 Å². The summed E-state index contributed by atoms with van der Waals surface area (Å²) in [6.45, 7) is 1.68. The number of aryl methyl sites for hydroxylation is 1. The summed E-state index contributed by atoms with van der Waals surface area (Å²) in [6, 6.07) is 9.19. The molecule has 0 aliphatic rings. The molecule has 0 aliphatic heterocycles. The zero-order valence-electron chi connectivity index (χ0n) is 13.9. The summed E-state index contributed by atoms with van der Waals surface area (Å²) in [5.74, 6) is -1.06. The average molecular weight is 374 g/mol. The van der Waals surface area contributed by atoms with Crippen molar-refractivity contribution in [1.82, 2.24) is 15.3 Å². The molecule has 5 nitrogen and oxygen atoms in total. The fourth-order valence-electron chi connectivity index (χ4n) is 2.28. The molecule has 0 radical (unpaired) electrons. The molecule has 0 fully saturated rings. The van der Waals surface area contributed by atoms with E-state index in [1.165, 1.54) is 17.4 Å². The number of rotatable bonds is 6. The van der Waals surface area contributed by atoms with Crippen molar-refractivity contribution in [3.05, 3.63) is 70.4 Å². The predicted octanol–water partition coefficient (Wildman–Crippen LogP) is 3.73. The lowest BCUT2D eigenvalue weighted by atomic mass is 10.2. The quantitative estimate of drug-likeness (QED) is 0.690. The third-order valence-electron chi connectivity index (χ3n) is 3.54. The Morgan fingerprint density at radius 3 is 2.58 bits per heavy atom. The molecule has 0 atom stereocenters. The summed E-state index contributed by atoms with van der Waals surface area (Å²) in [6.07, 6.45) is 0.0233. The first-order chi connectivity index (χ1) is 12.5. The van der Waals surface area contributed by atoms with Crippen LogP contribution in [0.15, 0.2) is 41.8 Å². The van der Waals surface area contributed by atoms with E-state index in [1.807, 2.05) is 25.1 Å². The van der Waals surface area contributed by atoms with Gasteiger partial charge < -0.3 is 10.6 Å². The van der Waals surface area contributed by atoms with E-state index in [1.54, 1.807) is 5.38 Å². The van der Waals surface area contributed by atoms with E-state index >= 15 is 0 Å². The minimum atomic E-state index is -0.684. The number of carbonyl (C=O) groups excluding carboxylic acids is 1. The highest BCUT2D eigenvalue weighted by atomic mass is 32.1. The Bertz CT molecular complexity index is 909. The molecule has 26 heavy (non-hydrogen) atoms. The molecule has 3 aromatic rings. The summed E-state index contributed by atoms with van der Waals surface area (Å²) in [5.41, 5.74) is 1.29. The van der Waals surface area contributed by atoms with Crippen molar-refractivity contribution in [2.75, 3.05) is 5.32 Å². The highest BCUT2D eigenvalue weighted by Gasteiger charge is 2.12. The van der Waals surface area contributed by atoms with Gasteiger partial charge >= 0.3 is 0 Å². The number of hydrogen-bond donors (Lipinski definition) is 2. The van der Waals surface area contributed by atoms with Gasteiger partial charge in [-0.25, -0.2) is 18.7 Å². The van der Waals surface area contributed by atoms with E-state index in [0.29, 0.717) is 16.6 Å². The molecular formula is C18H16F2N4OS. The lowest BCUT2D eigenvalue weighted by Crippen LogP contribution is -2.25. The van der Waals surface area contributed by atoms with E-state index in [-0.39, 0.29) is 24.4 Å². The van der Waals surface area contributed by atoms with Crippen LogP contribution < -0.4 is 10.6 Å². The maximum atomic E-state index is 13.6. The van der Waals surface area contributed by atoms with Crippen molar-refractivity contribution in [2.24, 2.45) is 0 Å². The van der Waals surface area contributed by atoms with Crippen LogP contribution in [0, 0.1) is 18.6 Å². The number of nitrogens with zero attached hydrogens (tertiary/aromatic N) is 2. The second kappa shape index (κ2) is 8.01. The van der Waals surface area contributed by atoms with Gasteiger partial charge in [0.15, 0.2) is 5.13 Å². The smallest absolute Gasteiger partial charge is 0.226 e. The second-order valence-electron chi connectivity index (χ2n) is 5.59. The molecule has 0 saturated heterocycles. The van der Waals surface area contributed by atoms with Crippen LogP contribution in [0.3, 0.4) is 0 Å². The molecule has 134 valence electrons. The highest BCUT2D eigenvalue weighted by molar-refractivity contribution is 7.13. The van der Waals surface area contributed by atoms with Crippen molar-refractivity contribution in [3.8, 4) is 0 Å². The van der Waals surface area contributed by atoms with Crippen molar-refractivity contribution in [3.63, 3.8) is 0 Å². The summed E-state index contributed by atoms with van der Waals surface area (Å²) in [4.78, 5) is 20.6. The van der Waals surface area contributed by atoms with Crippen LogP contribution in [-0.2, 0) is 17.8 Å². The van der Waals surface area contributed by atoms with E-state index in [2.05, 4.69) is 20.6 Å². The third-order valence-corrected chi connectivity index (χ3v) is 4.35. The van der Waals surface area contributed by atoms with Crippen molar-refractivity contribution < 1.29 is 13.6 Å². The lowest BCUT2D eigenvalue weighted by Gasteiger charge is -2.06. The largest absolute Gasteiger partial charge is 0.351 e. The van der Waals surface area contributed by atoms with Gasteiger partial charge in [-0.3, -0.25) is 4.79 Å². The van der Waals surface area contributed by atoms with E-state index < -0.39 is 11.6 Å². The number of pyridine rings is 1. The second-order valence-corrected chi connectivity index (χ2v) is 6.45. The molecule has 0 aliphatic carbocycles. The molecule has 0 spiro atoms. The molecule has 2 N–H and O–H groups in total. The van der Waals surface area contributed by atoms with Crippen LogP contribution in [-0.4, -0.2) is 15.9 Å². The predicted molar refractivity (Wildman–Crippen MR) is 96.3 cm³/mol. The van der Waals surface area contributed by atoms with Crippen LogP contribution in [0.1, 0.15) is 17.0 Å². The molecule has 8 heteroatoms. The van der Waals surface area contributed by atoms with E-state index in [4.69, 9.17) is 0 Å². The van der Waals surface area contributed by atoms with Gasteiger partial charge in [0, 0.05) is 23.2 Å². The highest BCUT2D eigenvalue weighted by Crippen LogP contribution is 2.20.